The maximum absolute atomic E-state index is 13.8. The number of ether oxygens (including phenoxy) is 2. The number of benzene rings is 2. The maximum atomic E-state index is 13.8. The molecule has 1 unspecified atom stereocenters. The van der Waals surface area contributed by atoms with Crippen molar-refractivity contribution in [3.8, 4) is 5.75 Å². The average molecular weight is 515 g/mol. The summed E-state index contributed by atoms with van der Waals surface area (Å²) in [5.74, 6) is 1.02. The number of hydrogen-bond acceptors (Lipinski definition) is 4. The number of nitrogens with zero attached hydrogens (tertiary/aromatic N) is 1. The van der Waals surface area contributed by atoms with Crippen molar-refractivity contribution in [2.24, 2.45) is 4.99 Å². The average Bonchev–Trinajstić information content (AvgIpc) is 2.73. The molecule has 158 valence electrons. The van der Waals surface area contributed by atoms with E-state index in [1.54, 1.807) is 7.05 Å². The predicted octanol–water partition coefficient (Wildman–Crippen LogP) is 2.79. The van der Waals surface area contributed by atoms with E-state index in [2.05, 4.69) is 15.6 Å². The van der Waals surface area contributed by atoms with Crippen LogP contribution in [-0.2, 0) is 17.8 Å². The van der Waals surface area contributed by atoms with Crippen molar-refractivity contribution in [1.29, 1.82) is 0 Å². The maximum Gasteiger partial charge on any atom is 0.191 e. The fraction of sp³-hybridized carbons (Fsp3) is 0.381. The molecule has 1 atom stereocenters. The van der Waals surface area contributed by atoms with Gasteiger partial charge in [-0.2, -0.15) is 0 Å². The Bertz CT molecular complexity index is 805. The Kier molecular flexibility index (Phi) is 9.62. The molecule has 2 aromatic rings. The van der Waals surface area contributed by atoms with Gasteiger partial charge in [-0.25, -0.2) is 4.39 Å². The van der Waals surface area contributed by atoms with Crippen LogP contribution in [0.4, 0.5) is 4.39 Å². The Morgan fingerprint density at radius 3 is 2.76 bits per heavy atom. The molecule has 1 heterocycles. The summed E-state index contributed by atoms with van der Waals surface area (Å²) in [6, 6.07) is 12.8. The zero-order valence-corrected chi connectivity index (χ0v) is 18.7. The summed E-state index contributed by atoms with van der Waals surface area (Å²) in [4.78, 5) is 4.21. The third kappa shape index (κ3) is 6.55. The van der Waals surface area contributed by atoms with Crippen molar-refractivity contribution >= 4 is 29.9 Å². The zero-order chi connectivity index (χ0) is 19.8. The molecule has 1 aliphatic rings. The minimum absolute atomic E-state index is 0. The van der Waals surface area contributed by atoms with Gasteiger partial charge in [-0.15, -0.1) is 24.0 Å². The lowest BCUT2D eigenvalue weighted by atomic mass is 10.0. The van der Waals surface area contributed by atoms with Crippen LogP contribution >= 0.6 is 24.0 Å². The van der Waals surface area contributed by atoms with E-state index in [9.17, 15) is 9.50 Å². The first-order valence-corrected chi connectivity index (χ1v) is 9.33. The first-order chi connectivity index (χ1) is 13.7. The molecule has 1 aliphatic heterocycles. The topological polar surface area (TPSA) is 75.1 Å². The largest absolute Gasteiger partial charge is 0.467 e. The second-order valence-electron chi connectivity index (χ2n) is 6.58. The number of nitrogens with one attached hydrogen (secondary N) is 2. The van der Waals surface area contributed by atoms with Gasteiger partial charge < -0.3 is 25.2 Å². The third-order valence-corrected chi connectivity index (χ3v) is 4.67. The first kappa shape index (κ1) is 23.4. The van der Waals surface area contributed by atoms with E-state index in [-0.39, 0.29) is 49.1 Å². The van der Waals surface area contributed by atoms with E-state index in [4.69, 9.17) is 9.47 Å². The summed E-state index contributed by atoms with van der Waals surface area (Å²) in [5.41, 5.74) is 2.61. The Hall–Kier alpha value is -1.91. The van der Waals surface area contributed by atoms with Gasteiger partial charge in [-0.1, -0.05) is 30.3 Å². The molecule has 0 bridgehead atoms. The van der Waals surface area contributed by atoms with Crippen molar-refractivity contribution < 1.29 is 19.0 Å². The summed E-state index contributed by atoms with van der Waals surface area (Å²) < 4.78 is 24.6. The molecule has 0 radical (unpaired) electrons. The van der Waals surface area contributed by atoms with Gasteiger partial charge in [0.2, 0.25) is 0 Å². The Labute approximate surface area is 187 Å². The van der Waals surface area contributed by atoms with Crippen molar-refractivity contribution in [3.63, 3.8) is 0 Å². The van der Waals surface area contributed by atoms with Crippen molar-refractivity contribution in [2.75, 3.05) is 33.5 Å². The van der Waals surface area contributed by atoms with Gasteiger partial charge >= 0.3 is 0 Å². The standard InChI is InChI=1S/C21H26FN3O3.HI/c1-23-21(25-11-18(12-26)15-5-3-2-4-6-15)24-8-7-16-9-19(22)10-17-13-27-14-28-20(16)17;/h2-6,9-10,18,26H,7-8,11-14H2,1H3,(H2,23,24,25);1H. The summed E-state index contributed by atoms with van der Waals surface area (Å²) in [7, 11) is 1.69. The van der Waals surface area contributed by atoms with Crippen LogP contribution in [0.1, 0.15) is 22.6 Å². The van der Waals surface area contributed by atoms with E-state index < -0.39 is 0 Å². The summed E-state index contributed by atoms with van der Waals surface area (Å²) in [6.45, 7) is 1.71. The molecule has 0 fully saturated rings. The minimum Gasteiger partial charge on any atom is -0.467 e. The van der Waals surface area contributed by atoms with E-state index in [1.807, 2.05) is 30.3 Å². The first-order valence-electron chi connectivity index (χ1n) is 9.33. The predicted molar refractivity (Wildman–Crippen MR) is 121 cm³/mol. The molecule has 2 aromatic carbocycles. The number of guanidine groups is 1. The normalized spacial score (nSPS) is 14.2. The highest BCUT2D eigenvalue weighted by molar-refractivity contribution is 14.0. The van der Waals surface area contributed by atoms with E-state index in [0.29, 0.717) is 37.8 Å². The lowest BCUT2D eigenvalue weighted by molar-refractivity contribution is -0.0172. The second kappa shape index (κ2) is 11.9. The molecule has 0 aromatic heterocycles. The molecule has 0 spiro atoms. The third-order valence-electron chi connectivity index (χ3n) is 4.67. The SMILES string of the molecule is CN=C(NCCc1cc(F)cc2c1OCOC2)NCC(CO)c1ccccc1.I. The monoisotopic (exact) mass is 515 g/mol. The number of rotatable bonds is 7. The molecule has 8 heteroatoms. The van der Waals surface area contributed by atoms with E-state index >= 15 is 0 Å². The zero-order valence-electron chi connectivity index (χ0n) is 16.4. The molecule has 0 aliphatic carbocycles. The van der Waals surface area contributed by atoms with Gasteiger partial charge in [0, 0.05) is 31.6 Å². The minimum atomic E-state index is -0.293. The van der Waals surface area contributed by atoms with Crippen LogP contribution in [0.3, 0.4) is 0 Å². The molecule has 29 heavy (non-hydrogen) atoms. The molecule has 0 saturated carbocycles. The molecule has 0 saturated heterocycles. The van der Waals surface area contributed by atoms with E-state index in [0.717, 1.165) is 16.7 Å². The Morgan fingerprint density at radius 2 is 2.03 bits per heavy atom. The second-order valence-corrected chi connectivity index (χ2v) is 6.58. The fourth-order valence-corrected chi connectivity index (χ4v) is 3.21. The number of aliphatic hydroxyl groups excluding tert-OH is 1. The lowest BCUT2D eigenvalue weighted by Crippen LogP contribution is -2.40. The lowest BCUT2D eigenvalue weighted by Gasteiger charge is -2.21. The Balaban J connectivity index is 0.00000300. The summed E-state index contributed by atoms with van der Waals surface area (Å²) in [6.07, 6.45) is 0.586. The fourth-order valence-electron chi connectivity index (χ4n) is 3.21. The highest BCUT2D eigenvalue weighted by Crippen LogP contribution is 2.29. The molecule has 6 nitrogen and oxygen atoms in total. The smallest absolute Gasteiger partial charge is 0.191 e. The number of aliphatic imine (C=N–C) groups is 1. The van der Waals surface area contributed by atoms with Crippen LogP contribution in [0.2, 0.25) is 0 Å². The number of halogens is 2. The molecular formula is C21H27FIN3O3. The molecule has 0 amide bonds. The quantitative estimate of drug-likeness (QED) is 0.301. The van der Waals surface area contributed by atoms with Crippen LogP contribution < -0.4 is 15.4 Å². The highest BCUT2D eigenvalue weighted by Gasteiger charge is 2.17. The van der Waals surface area contributed by atoms with Crippen LogP contribution in [-0.4, -0.2) is 44.6 Å². The van der Waals surface area contributed by atoms with Crippen molar-refractivity contribution in [3.05, 3.63) is 65.0 Å². The van der Waals surface area contributed by atoms with Crippen LogP contribution in [0, 0.1) is 5.82 Å². The van der Waals surface area contributed by atoms with Gasteiger partial charge in [0.15, 0.2) is 12.8 Å². The summed E-state index contributed by atoms with van der Waals surface area (Å²) >= 11 is 0. The summed E-state index contributed by atoms with van der Waals surface area (Å²) in [5, 5.41) is 16.1. The van der Waals surface area contributed by atoms with Crippen LogP contribution in [0.25, 0.3) is 0 Å². The van der Waals surface area contributed by atoms with Crippen molar-refractivity contribution in [1.82, 2.24) is 10.6 Å². The van der Waals surface area contributed by atoms with Gasteiger partial charge in [-0.05, 0) is 29.7 Å². The number of hydrogen-bond donors (Lipinski definition) is 3. The molecular weight excluding hydrogens is 488 g/mol. The number of aliphatic hydroxyl groups is 1. The van der Waals surface area contributed by atoms with Gasteiger partial charge in [0.25, 0.3) is 0 Å². The molecule has 3 N–H and O–H groups in total. The Morgan fingerprint density at radius 1 is 1.24 bits per heavy atom. The van der Waals surface area contributed by atoms with Crippen LogP contribution in [0.15, 0.2) is 47.5 Å². The van der Waals surface area contributed by atoms with Crippen molar-refractivity contribution in [2.45, 2.75) is 18.9 Å². The highest BCUT2D eigenvalue weighted by atomic mass is 127. The molecule has 3 rings (SSSR count). The number of fused-ring (bicyclic) bond motifs is 1. The van der Waals surface area contributed by atoms with Gasteiger partial charge in [0.05, 0.1) is 13.2 Å². The van der Waals surface area contributed by atoms with E-state index in [1.165, 1.54) is 12.1 Å². The van der Waals surface area contributed by atoms with Gasteiger partial charge in [-0.3, -0.25) is 4.99 Å². The van der Waals surface area contributed by atoms with Gasteiger partial charge in [0.1, 0.15) is 11.6 Å². The van der Waals surface area contributed by atoms with Crippen LogP contribution in [0.5, 0.6) is 5.75 Å².